The summed E-state index contributed by atoms with van der Waals surface area (Å²) in [7, 11) is 1.56. The van der Waals surface area contributed by atoms with Crippen molar-refractivity contribution >= 4 is 64.3 Å². The van der Waals surface area contributed by atoms with Crippen molar-refractivity contribution < 1.29 is 34.1 Å². The number of urea groups is 2. The van der Waals surface area contributed by atoms with Crippen molar-refractivity contribution in [3.8, 4) is 5.75 Å². The lowest BCUT2D eigenvalue weighted by atomic mass is 10.2. The highest BCUT2D eigenvalue weighted by atomic mass is 35.5. The first kappa shape index (κ1) is 32.3. The summed E-state index contributed by atoms with van der Waals surface area (Å²) in [6, 6.07) is 23.2. The monoisotopic (exact) mass is 624 g/mol. The number of carboxylic acid groups (broad SMARTS) is 2. The Morgan fingerprint density at radius 1 is 0.674 bits per heavy atom. The Bertz CT molecular complexity index is 1630. The fraction of sp³-hybridized carbons (Fsp3) is 0.0667. The van der Waals surface area contributed by atoms with Crippen LogP contribution in [0.5, 0.6) is 5.75 Å². The minimum atomic E-state index is -1.12. The van der Waals surface area contributed by atoms with Gasteiger partial charge in [-0.25, -0.2) is 19.2 Å². The highest BCUT2D eigenvalue weighted by Gasteiger charge is 2.13. The van der Waals surface area contributed by atoms with Gasteiger partial charge in [-0.1, -0.05) is 65.7 Å². The van der Waals surface area contributed by atoms with Gasteiger partial charge in [-0.05, 0) is 48.5 Å². The van der Waals surface area contributed by atoms with Gasteiger partial charge in [-0.2, -0.15) is 0 Å². The normalized spacial score (nSPS) is 9.93. The van der Waals surface area contributed by atoms with E-state index in [1.54, 1.807) is 49.6 Å². The molecule has 0 aliphatic rings. The number of carbonyl (C=O) groups excluding carboxylic acids is 2. The lowest BCUT2D eigenvalue weighted by Crippen LogP contribution is -2.29. The van der Waals surface area contributed by atoms with Crippen LogP contribution in [0.15, 0.2) is 91.0 Å². The van der Waals surface area contributed by atoms with Crippen LogP contribution < -0.4 is 26.0 Å². The minimum absolute atomic E-state index is 0.00166. The first-order valence-corrected chi connectivity index (χ1v) is 13.2. The molecule has 0 heterocycles. The molecular weight excluding hydrogens is 599 g/mol. The van der Waals surface area contributed by atoms with Crippen molar-refractivity contribution in [2.24, 2.45) is 0 Å². The van der Waals surface area contributed by atoms with E-state index in [9.17, 15) is 19.2 Å². The van der Waals surface area contributed by atoms with Crippen molar-refractivity contribution in [3.05, 3.63) is 118 Å². The summed E-state index contributed by atoms with van der Waals surface area (Å²) >= 11 is 11.6. The smallest absolute Gasteiger partial charge is 0.337 e. The summed E-state index contributed by atoms with van der Waals surface area (Å²) in [5.74, 6) is -1.55. The zero-order valence-corrected chi connectivity index (χ0v) is 24.1. The second-order valence-electron chi connectivity index (χ2n) is 8.53. The van der Waals surface area contributed by atoms with Gasteiger partial charge < -0.3 is 36.2 Å². The van der Waals surface area contributed by atoms with E-state index in [-0.39, 0.29) is 29.0 Å². The van der Waals surface area contributed by atoms with Gasteiger partial charge in [0.2, 0.25) is 0 Å². The van der Waals surface area contributed by atoms with Crippen LogP contribution in [0.4, 0.5) is 26.7 Å². The molecule has 0 unspecified atom stereocenters. The summed E-state index contributed by atoms with van der Waals surface area (Å²) in [5.41, 5.74) is 1.74. The Balaban J connectivity index is 0.000000236. The number of amides is 4. The number of hydrogen-bond acceptors (Lipinski definition) is 5. The van der Waals surface area contributed by atoms with Crippen molar-refractivity contribution in [1.82, 2.24) is 5.32 Å². The number of nitrogens with one attached hydrogen (secondary N) is 4. The second kappa shape index (κ2) is 15.7. The fourth-order valence-corrected chi connectivity index (χ4v) is 3.90. The molecule has 0 aliphatic carbocycles. The van der Waals surface area contributed by atoms with Gasteiger partial charge in [0.1, 0.15) is 5.75 Å². The van der Waals surface area contributed by atoms with Gasteiger partial charge in [0.15, 0.2) is 0 Å². The fourth-order valence-electron chi connectivity index (χ4n) is 3.61. The average Bonchev–Trinajstić information content (AvgIpc) is 2.98. The van der Waals surface area contributed by atoms with E-state index in [0.717, 1.165) is 5.56 Å². The lowest BCUT2D eigenvalue weighted by molar-refractivity contribution is 0.0687. The van der Waals surface area contributed by atoms with Crippen molar-refractivity contribution in [1.29, 1.82) is 0 Å². The van der Waals surface area contributed by atoms with Gasteiger partial charge in [0.05, 0.1) is 39.7 Å². The number of methoxy groups -OCH3 is 1. The molecule has 0 fully saturated rings. The Kier molecular flexibility index (Phi) is 11.7. The van der Waals surface area contributed by atoms with Gasteiger partial charge in [-0.3, -0.25) is 0 Å². The number of para-hydroxylation sites is 3. The van der Waals surface area contributed by atoms with E-state index in [1.807, 2.05) is 18.2 Å². The second-order valence-corrected chi connectivity index (χ2v) is 9.34. The molecule has 0 bridgehead atoms. The van der Waals surface area contributed by atoms with Crippen molar-refractivity contribution in [2.75, 3.05) is 23.1 Å². The third kappa shape index (κ3) is 9.66. The molecule has 0 spiro atoms. The zero-order chi connectivity index (χ0) is 31.4. The van der Waals surface area contributed by atoms with Gasteiger partial charge in [0, 0.05) is 17.8 Å². The average molecular weight is 625 g/mol. The summed E-state index contributed by atoms with van der Waals surface area (Å²) in [6.07, 6.45) is 0. The van der Waals surface area contributed by atoms with Crippen LogP contribution in [-0.4, -0.2) is 41.3 Å². The van der Waals surface area contributed by atoms with Crippen LogP contribution in [0, 0.1) is 0 Å². The molecule has 0 aromatic heterocycles. The molecule has 222 valence electrons. The molecule has 0 saturated heterocycles. The van der Waals surface area contributed by atoms with E-state index in [2.05, 4.69) is 21.3 Å². The van der Waals surface area contributed by atoms with Gasteiger partial charge in [0.25, 0.3) is 0 Å². The largest absolute Gasteiger partial charge is 0.496 e. The molecule has 0 saturated carbocycles. The highest BCUT2D eigenvalue weighted by Crippen LogP contribution is 2.25. The third-order valence-electron chi connectivity index (χ3n) is 5.62. The summed E-state index contributed by atoms with van der Waals surface area (Å²) in [6.45, 7) is 0.269. The maximum atomic E-state index is 11.9. The zero-order valence-electron chi connectivity index (χ0n) is 22.6. The predicted octanol–water partition coefficient (Wildman–Crippen LogP) is 7.05. The molecule has 11 nitrogen and oxygen atoms in total. The first-order valence-electron chi connectivity index (χ1n) is 12.4. The summed E-state index contributed by atoms with van der Waals surface area (Å²) in [5, 5.41) is 29.0. The Labute approximate surface area is 256 Å². The van der Waals surface area contributed by atoms with Crippen LogP contribution in [0.1, 0.15) is 26.3 Å². The molecule has 13 heteroatoms. The number of carboxylic acids is 2. The predicted molar refractivity (Wildman–Crippen MR) is 165 cm³/mol. The molecular formula is C30H26Cl2N4O7. The standard InChI is InChI=1S/C16H16N2O4.C14H10Cl2N2O3/c1-22-14-9-5-2-6-11(14)10-17-16(21)18-13-8-4-3-7-12(13)15(19)20;15-10-6-5-8(7-11(10)16)17-14(21)18-12-4-2-1-3-9(12)13(19)20/h2-9H,10H2,1H3,(H,19,20)(H2,17,18,21);1-7H,(H,19,20)(H2,17,18,21). The quantitative estimate of drug-likeness (QED) is 0.122. The van der Waals surface area contributed by atoms with Crippen LogP contribution in [0.2, 0.25) is 10.0 Å². The van der Waals surface area contributed by atoms with E-state index < -0.39 is 24.0 Å². The highest BCUT2D eigenvalue weighted by molar-refractivity contribution is 6.42. The minimum Gasteiger partial charge on any atom is -0.496 e. The number of anilines is 3. The Hall–Kier alpha value is -5.26. The van der Waals surface area contributed by atoms with E-state index in [4.69, 9.17) is 38.2 Å². The van der Waals surface area contributed by atoms with E-state index >= 15 is 0 Å². The maximum absolute atomic E-state index is 11.9. The van der Waals surface area contributed by atoms with E-state index in [1.165, 1.54) is 30.3 Å². The van der Waals surface area contributed by atoms with Gasteiger partial charge in [-0.15, -0.1) is 0 Å². The van der Waals surface area contributed by atoms with Crippen molar-refractivity contribution in [3.63, 3.8) is 0 Å². The number of aromatic carboxylic acids is 2. The molecule has 4 rings (SSSR count). The van der Waals surface area contributed by atoms with Crippen LogP contribution in [-0.2, 0) is 6.54 Å². The number of ether oxygens (including phenoxy) is 1. The first-order chi connectivity index (χ1) is 20.6. The number of benzene rings is 4. The molecule has 0 radical (unpaired) electrons. The molecule has 6 N–H and O–H groups in total. The number of rotatable bonds is 8. The maximum Gasteiger partial charge on any atom is 0.337 e. The number of hydrogen-bond donors (Lipinski definition) is 6. The van der Waals surface area contributed by atoms with E-state index in [0.29, 0.717) is 21.5 Å². The Morgan fingerprint density at radius 2 is 1.21 bits per heavy atom. The van der Waals surface area contributed by atoms with Crippen LogP contribution in [0.3, 0.4) is 0 Å². The number of halogens is 2. The van der Waals surface area contributed by atoms with Gasteiger partial charge >= 0.3 is 24.0 Å². The summed E-state index contributed by atoms with van der Waals surface area (Å²) < 4.78 is 5.20. The molecule has 0 aliphatic heterocycles. The topological polar surface area (TPSA) is 166 Å². The Morgan fingerprint density at radius 3 is 1.77 bits per heavy atom. The molecule has 43 heavy (non-hydrogen) atoms. The molecule has 4 aromatic rings. The van der Waals surface area contributed by atoms with Crippen molar-refractivity contribution in [2.45, 2.75) is 6.54 Å². The third-order valence-corrected chi connectivity index (χ3v) is 6.36. The molecule has 4 amide bonds. The number of carbonyl (C=O) groups is 4. The molecule has 4 aromatic carbocycles. The molecule has 0 atom stereocenters. The SMILES string of the molecule is COc1ccccc1CNC(=O)Nc1ccccc1C(=O)O.O=C(Nc1ccc(Cl)c(Cl)c1)Nc1ccccc1C(=O)O. The summed E-state index contributed by atoms with van der Waals surface area (Å²) in [4.78, 5) is 45.9. The van der Waals surface area contributed by atoms with Crippen LogP contribution in [0.25, 0.3) is 0 Å². The van der Waals surface area contributed by atoms with Crippen LogP contribution >= 0.6 is 23.2 Å². The lowest BCUT2D eigenvalue weighted by Gasteiger charge is -2.11.